The van der Waals surface area contributed by atoms with Crippen LogP contribution in [0.1, 0.15) is 36.1 Å². The molecule has 0 amide bonds. The van der Waals surface area contributed by atoms with Crippen molar-refractivity contribution in [2.24, 2.45) is 0 Å². The van der Waals surface area contributed by atoms with Crippen LogP contribution in [0.4, 0.5) is 0 Å². The number of rotatable bonds is 4. The van der Waals surface area contributed by atoms with Crippen molar-refractivity contribution in [1.82, 2.24) is 19.7 Å². The Hall–Kier alpha value is -1.66. The Morgan fingerprint density at radius 2 is 2.20 bits per heavy atom. The molecule has 2 aromatic rings. The number of furan rings is 1. The molecule has 6 nitrogen and oxygen atoms in total. The van der Waals surface area contributed by atoms with E-state index in [0.717, 1.165) is 42.8 Å². The summed E-state index contributed by atoms with van der Waals surface area (Å²) >= 11 is 0. The lowest BCUT2D eigenvalue weighted by Crippen LogP contribution is -2.37. The lowest BCUT2D eigenvalue weighted by atomic mass is 10.2. The maximum Gasteiger partial charge on any atom is 0.159 e. The second-order valence-electron chi connectivity index (χ2n) is 5.22. The first kappa shape index (κ1) is 13.3. The number of hydrogen-bond acceptors (Lipinski definition) is 5. The number of ether oxygens (including phenoxy) is 1. The van der Waals surface area contributed by atoms with Crippen molar-refractivity contribution in [1.29, 1.82) is 0 Å². The Morgan fingerprint density at radius 3 is 2.90 bits per heavy atom. The van der Waals surface area contributed by atoms with Crippen molar-refractivity contribution >= 4 is 0 Å². The molecule has 0 bridgehead atoms. The van der Waals surface area contributed by atoms with Crippen LogP contribution in [0.25, 0.3) is 0 Å². The molecule has 6 heteroatoms. The lowest BCUT2D eigenvalue weighted by Gasteiger charge is -2.32. The Balaban J connectivity index is 1.77. The highest BCUT2D eigenvalue weighted by molar-refractivity contribution is 5.08. The summed E-state index contributed by atoms with van der Waals surface area (Å²) in [6.45, 7) is 7.30. The van der Waals surface area contributed by atoms with Crippen LogP contribution in [-0.2, 0) is 24.4 Å². The molecule has 0 radical (unpaired) electrons. The summed E-state index contributed by atoms with van der Waals surface area (Å²) < 4.78 is 13.0. The third kappa shape index (κ3) is 2.36. The van der Waals surface area contributed by atoms with Crippen LogP contribution in [0.15, 0.2) is 16.5 Å². The predicted molar refractivity (Wildman–Crippen MR) is 73.0 cm³/mol. The van der Waals surface area contributed by atoms with Crippen molar-refractivity contribution in [3.05, 3.63) is 35.3 Å². The molecule has 1 aliphatic rings. The minimum atomic E-state index is 0.229. The molecular formula is C14H20N4O2. The summed E-state index contributed by atoms with van der Waals surface area (Å²) in [6, 6.07) is 4.27. The van der Waals surface area contributed by atoms with Gasteiger partial charge in [0.25, 0.3) is 0 Å². The average molecular weight is 276 g/mol. The van der Waals surface area contributed by atoms with E-state index in [1.54, 1.807) is 7.11 Å². The topological polar surface area (TPSA) is 56.3 Å². The lowest BCUT2D eigenvalue weighted by molar-refractivity contribution is 0.135. The van der Waals surface area contributed by atoms with E-state index in [1.807, 2.05) is 19.1 Å². The molecule has 0 saturated heterocycles. The van der Waals surface area contributed by atoms with Gasteiger partial charge in [-0.25, -0.2) is 0 Å². The first-order valence-electron chi connectivity index (χ1n) is 6.89. The van der Waals surface area contributed by atoms with E-state index in [-0.39, 0.29) is 6.04 Å². The van der Waals surface area contributed by atoms with Gasteiger partial charge >= 0.3 is 0 Å². The summed E-state index contributed by atoms with van der Waals surface area (Å²) in [7, 11) is 1.68. The molecule has 1 aliphatic heterocycles. The number of methoxy groups -OCH3 is 1. The van der Waals surface area contributed by atoms with Crippen LogP contribution >= 0.6 is 0 Å². The second kappa shape index (κ2) is 5.38. The third-order valence-electron chi connectivity index (χ3n) is 3.82. The first-order chi connectivity index (χ1) is 9.69. The highest BCUT2D eigenvalue weighted by Gasteiger charge is 2.28. The van der Waals surface area contributed by atoms with Gasteiger partial charge in [-0.15, -0.1) is 10.2 Å². The molecule has 3 rings (SSSR count). The minimum absolute atomic E-state index is 0.229. The standard InChI is InChI=1S/C14H20N4O2/c1-10-4-5-12(20-10)8-17-6-7-18-13(9-19-3)15-16-14(18)11(17)2/h4-5,11H,6-9H2,1-3H3. The van der Waals surface area contributed by atoms with Crippen LogP contribution in [0.2, 0.25) is 0 Å². The molecule has 0 saturated carbocycles. The highest BCUT2D eigenvalue weighted by Crippen LogP contribution is 2.26. The zero-order valence-corrected chi connectivity index (χ0v) is 12.2. The summed E-state index contributed by atoms with van der Waals surface area (Å²) in [6.07, 6.45) is 0. The van der Waals surface area contributed by atoms with Crippen LogP contribution in [0.3, 0.4) is 0 Å². The van der Waals surface area contributed by atoms with Gasteiger partial charge in [0.15, 0.2) is 5.82 Å². The molecule has 0 aromatic carbocycles. The number of aryl methyl sites for hydroxylation is 1. The Bertz CT molecular complexity index is 590. The van der Waals surface area contributed by atoms with Crippen molar-refractivity contribution < 1.29 is 9.15 Å². The van der Waals surface area contributed by atoms with E-state index in [2.05, 4.69) is 26.6 Å². The molecule has 2 aromatic heterocycles. The fourth-order valence-electron chi connectivity index (χ4n) is 2.71. The molecule has 1 atom stereocenters. The van der Waals surface area contributed by atoms with Gasteiger partial charge in [-0.2, -0.15) is 0 Å². The van der Waals surface area contributed by atoms with Gasteiger partial charge in [-0.3, -0.25) is 4.90 Å². The Kier molecular flexibility index (Phi) is 3.58. The maximum atomic E-state index is 5.66. The smallest absolute Gasteiger partial charge is 0.159 e. The summed E-state index contributed by atoms with van der Waals surface area (Å²) in [5, 5.41) is 8.54. The van der Waals surface area contributed by atoms with Crippen molar-refractivity contribution in [2.45, 2.75) is 39.6 Å². The highest BCUT2D eigenvalue weighted by atomic mass is 16.5. The largest absolute Gasteiger partial charge is 0.465 e. The van der Waals surface area contributed by atoms with Gasteiger partial charge in [-0.05, 0) is 26.0 Å². The third-order valence-corrected chi connectivity index (χ3v) is 3.82. The van der Waals surface area contributed by atoms with E-state index >= 15 is 0 Å². The molecule has 3 heterocycles. The molecule has 108 valence electrons. The number of hydrogen-bond donors (Lipinski definition) is 0. The molecule has 0 fully saturated rings. The van der Waals surface area contributed by atoms with Crippen LogP contribution in [0, 0.1) is 6.92 Å². The van der Waals surface area contributed by atoms with Crippen molar-refractivity contribution in [3.63, 3.8) is 0 Å². The molecular weight excluding hydrogens is 256 g/mol. The molecule has 0 spiro atoms. The van der Waals surface area contributed by atoms with Crippen molar-refractivity contribution in [3.8, 4) is 0 Å². The fraction of sp³-hybridized carbons (Fsp3) is 0.571. The fourth-order valence-corrected chi connectivity index (χ4v) is 2.71. The number of fused-ring (bicyclic) bond motifs is 1. The summed E-state index contributed by atoms with van der Waals surface area (Å²) in [5.74, 6) is 3.86. The summed E-state index contributed by atoms with van der Waals surface area (Å²) in [4.78, 5) is 2.36. The normalized spacial score (nSPS) is 19.2. The quantitative estimate of drug-likeness (QED) is 0.853. The molecule has 1 unspecified atom stereocenters. The summed E-state index contributed by atoms with van der Waals surface area (Å²) in [5.41, 5.74) is 0. The van der Waals surface area contributed by atoms with Gasteiger partial charge in [0.05, 0.1) is 12.6 Å². The van der Waals surface area contributed by atoms with Crippen LogP contribution in [-0.4, -0.2) is 33.3 Å². The maximum absolute atomic E-state index is 5.66. The van der Waals surface area contributed by atoms with Crippen LogP contribution < -0.4 is 0 Å². The van der Waals surface area contributed by atoms with Gasteiger partial charge in [0, 0.05) is 20.2 Å². The van der Waals surface area contributed by atoms with E-state index < -0.39 is 0 Å². The van der Waals surface area contributed by atoms with Gasteiger partial charge in [0.2, 0.25) is 0 Å². The van der Waals surface area contributed by atoms with E-state index in [9.17, 15) is 0 Å². The van der Waals surface area contributed by atoms with Crippen LogP contribution in [0.5, 0.6) is 0 Å². The Morgan fingerprint density at radius 1 is 1.35 bits per heavy atom. The molecule has 20 heavy (non-hydrogen) atoms. The van der Waals surface area contributed by atoms with Gasteiger partial charge in [0.1, 0.15) is 24.0 Å². The predicted octanol–water partition coefficient (Wildman–Crippen LogP) is 1.90. The van der Waals surface area contributed by atoms with E-state index in [1.165, 1.54) is 0 Å². The SMILES string of the molecule is COCc1nnc2n1CCN(Cc1ccc(C)o1)C2C. The zero-order valence-electron chi connectivity index (χ0n) is 12.2. The monoisotopic (exact) mass is 276 g/mol. The average Bonchev–Trinajstić information content (AvgIpc) is 3.01. The van der Waals surface area contributed by atoms with Gasteiger partial charge < -0.3 is 13.7 Å². The number of nitrogens with zero attached hydrogens (tertiary/aromatic N) is 4. The first-order valence-corrected chi connectivity index (χ1v) is 6.89. The van der Waals surface area contributed by atoms with Gasteiger partial charge in [-0.1, -0.05) is 0 Å². The second-order valence-corrected chi connectivity index (χ2v) is 5.22. The minimum Gasteiger partial charge on any atom is -0.465 e. The van der Waals surface area contributed by atoms with E-state index in [4.69, 9.17) is 9.15 Å². The van der Waals surface area contributed by atoms with E-state index in [0.29, 0.717) is 6.61 Å². The zero-order chi connectivity index (χ0) is 14.1. The van der Waals surface area contributed by atoms with Crippen molar-refractivity contribution in [2.75, 3.05) is 13.7 Å². The molecule has 0 aliphatic carbocycles. The Labute approximate surface area is 118 Å². The molecule has 0 N–H and O–H groups in total. The number of aromatic nitrogens is 3.